The summed E-state index contributed by atoms with van der Waals surface area (Å²) in [6.07, 6.45) is 5.00. The number of likely N-dealkylation sites (tertiary alicyclic amines) is 1. The van der Waals surface area contributed by atoms with E-state index in [2.05, 4.69) is 37.9 Å². The molecule has 2 unspecified atom stereocenters. The highest BCUT2D eigenvalue weighted by Crippen LogP contribution is 2.24. The predicted octanol–water partition coefficient (Wildman–Crippen LogP) is 3.69. The third-order valence-electron chi connectivity index (χ3n) is 4.23. The number of nitrogens with zero attached hydrogens (tertiary/aromatic N) is 1. The van der Waals surface area contributed by atoms with Gasteiger partial charge in [0.1, 0.15) is 0 Å². The van der Waals surface area contributed by atoms with Crippen molar-refractivity contribution in [2.75, 3.05) is 19.6 Å². The molecule has 1 rings (SSSR count). The Balaban J connectivity index is 2.63. The molecule has 1 fully saturated rings. The Morgan fingerprint density at radius 3 is 2.48 bits per heavy atom. The summed E-state index contributed by atoms with van der Waals surface area (Å²) in [6, 6.07) is 0.461. The Labute approximate surface area is 131 Å². The Hall–Kier alpha value is -0.570. The van der Waals surface area contributed by atoms with Gasteiger partial charge in [0.15, 0.2) is 0 Å². The zero-order valence-electron chi connectivity index (χ0n) is 15.0. The van der Waals surface area contributed by atoms with E-state index < -0.39 is 0 Å². The van der Waals surface area contributed by atoms with E-state index in [0.717, 1.165) is 19.6 Å². The maximum Gasteiger partial charge on any atom is 0.225 e. The second kappa shape index (κ2) is 8.17. The van der Waals surface area contributed by atoms with E-state index in [1.807, 2.05) is 13.8 Å². The summed E-state index contributed by atoms with van der Waals surface area (Å²) < 4.78 is 0. The van der Waals surface area contributed by atoms with Gasteiger partial charge in [-0.2, -0.15) is 0 Å². The topological polar surface area (TPSA) is 32.3 Å². The third-order valence-corrected chi connectivity index (χ3v) is 4.23. The Kier molecular flexibility index (Phi) is 7.19. The molecule has 1 aliphatic rings. The van der Waals surface area contributed by atoms with Gasteiger partial charge in [0.2, 0.25) is 5.91 Å². The van der Waals surface area contributed by atoms with Gasteiger partial charge in [0.05, 0.1) is 0 Å². The lowest BCUT2D eigenvalue weighted by atomic mass is 9.88. The van der Waals surface area contributed by atoms with Crippen LogP contribution in [0.1, 0.15) is 67.2 Å². The first-order valence-corrected chi connectivity index (χ1v) is 8.75. The minimum absolute atomic E-state index is 0.109. The maximum absolute atomic E-state index is 12.4. The minimum Gasteiger partial charge on any atom is -0.341 e. The van der Waals surface area contributed by atoms with E-state index in [0.29, 0.717) is 23.3 Å². The van der Waals surface area contributed by atoms with E-state index in [-0.39, 0.29) is 5.92 Å². The molecule has 0 radical (unpaired) electrons. The molecule has 3 heteroatoms. The fraction of sp³-hybridized carbons (Fsp3) is 0.944. The highest BCUT2D eigenvalue weighted by atomic mass is 16.2. The molecule has 0 aromatic carbocycles. The average molecular weight is 296 g/mol. The molecule has 0 aliphatic carbocycles. The number of piperidine rings is 1. The SMILES string of the molecule is CCCCC1CC(NCC(C)(C)C)CN(C(=O)C(C)C)C1. The average Bonchev–Trinajstić information content (AvgIpc) is 2.41. The summed E-state index contributed by atoms with van der Waals surface area (Å²) in [4.78, 5) is 14.5. The summed E-state index contributed by atoms with van der Waals surface area (Å²) in [5, 5.41) is 3.70. The van der Waals surface area contributed by atoms with Crippen LogP contribution in [0, 0.1) is 17.3 Å². The largest absolute Gasteiger partial charge is 0.341 e. The van der Waals surface area contributed by atoms with E-state index >= 15 is 0 Å². The summed E-state index contributed by atoms with van der Waals surface area (Å²) in [5.74, 6) is 1.09. The lowest BCUT2D eigenvalue weighted by Gasteiger charge is -2.40. The maximum atomic E-state index is 12.4. The van der Waals surface area contributed by atoms with Crippen LogP contribution in [-0.2, 0) is 4.79 Å². The molecule has 0 spiro atoms. The highest BCUT2D eigenvalue weighted by Gasteiger charge is 2.30. The smallest absolute Gasteiger partial charge is 0.225 e. The van der Waals surface area contributed by atoms with Gasteiger partial charge in [-0.05, 0) is 24.2 Å². The molecule has 1 amide bonds. The van der Waals surface area contributed by atoms with Crippen molar-refractivity contribution in [2.45, 2.75) is 73.3 Å². The number of rotatable bonds is 6. The fourth-order valence-corrected chi connectivity index (χ4v) is 3.05. The van der Waals surface area contributed by atoms with Gasteiger partial charge >= 0.3 is 0 Å². The minimum atomic E-state index is 0.109. The molecule has 1 heterocycles. The van der Waals surface area contributed by atoms with Crippen LogP contribution in [0.3, 0.4) is 0 Å². The Morgan fingerprint density at radius 2 is 1.95 bits per heavy atom. The van der Waals surface area contributed by atoms with Crippen LogP contribution in [-0.4, -0.2) is 36.5 Å². The van der Waals surface area contributed by atoms with Crippen molar-refractivity contribution in [2.24, 2.45) is 17.3 Å². The second-order valence-electron chi connectivity index (χ2n) is 8.28. The van der Waals surface area contributed by atoms with Crippen molar-refractivity contribution in [1.82, 2.24) is 10.2 Å². The normalized spacial score (nSPS) is 23.7. The zero-order chi connectivity index (χ0) is 16.0. The van der Waals surface area contributed by atoms with Gasteiger partial charge in [0.25, 0.3) is 0 Å². The molecule has 2 atom stereocenters. The van der Waals surface area contributed by atoms with E-state index in [4.69, 9.17) is 0 Å². The first-order chi connectivity index (χ1) is 9.73. The van der Waals surface area contributed by atoms with Gasteiger partial charge in [-0.1, -0.05) is 54.4 Å². The van der Waals surface area contributed by atoms with Crippen molar-refractivity contribution < 1.29 is 4.79 Å². The molecule has 0 saturated carbocycles. The van der Waals surface area contributed by atoms with E-state index in [9.17, 15) is 4.79 Å². The first kappa shape index (κ1) is 18.5. The molecule has 124 valence electrons. The van der Waals surface area contributed by atoms with Crippen LogP contribution in [0.15, 0.2) is 0 Å². The van der Waals surface area contributed by atoms with Crippen LogP contribution in [0.2, 0.25) is 0 Å². The van der Waals surface area contributed by atoms with Crippen LogP contribution in [0.25, 0.3) is 0 Å². The molecule has 3 nitrogen and oxygen atoms in total. The van der Waals surface area contributed by atoms with Gasteiger partial charge < -0.3 is 10.2 Å². The number of unbranched alkanes of at least 4 members (excludes halogenated alkanes) is 1. The molecular formula is C18H36N2O. The van der Waals surface area contributed by atoms with Crippen molar-refractivity contribution in [3.8, 4) is 0 Å². The molecule has 1 N–H and O–H groups in total. The summed E-state index contributed by atoms with van der Waals surface area (Å²) in [7, 11) is 0. The quantitative estimate of drug-likeness (QED) is 0.811. The van der Waals surface area contributed by atoms with Crippen LogP contribution < -0.4 is 5.32 Å². The monoisotopic (exact) mass is 296 g/mol. The summed E-state index contributed by atoms with van der Waals surface area (Å²) in [5.41, 5.74) is 0.295. The molecule has 0 aromatic rings. The number of amides is 1. The van der Waals surface area contributed by atoms with Crippen molar-refractivity contribution in [3.63, 3.8) is 0 Å². The van der Waals surface area contributed by atoms with Gasteiger partial charge in [-0.25, -0.2) is 0 Å². The highest BCUT2D eigenvalue weighted by molar-refractivity contribution is 5.78. The zero-order valence-corrected chi connectivity index (χ0v) is 15.0. The Bertz CT molecular complexity index is 320. The standard InChI is InChI=1S/C18H36N2O/c1-7-8-9-15-10-16(19-13-18(4,5)6)12-20(11-15)17(21)14(2)3/h14-16,19H,7-13H2,1-6H3. The number of hydrogen-bond acceptors (Lipinski definition) is 2. The lowest BCUT2D eigenvalue weighted by molar-refractivity contribution is -0.137. The third kappa shape index (κ3) is 6.82. The summed E-state index contributed by atoms with van der Waals surface area (Å²) >= 11 is 0. The molecule has 0 bridgehead atoms. The predicted molar refractivity (Wildman–Crippen MR) is 90.3 cm³/mol. The number of carbonyl (C=O) groups is 1. The van der Waals surface area contributed by atoms with Crippen molar-refractivity contribution in [3.05, 3.63) is 0 Å². The van der Waals surface area contributed by atoms with Crippen LogP contribution in [0.4, 0.5) is 0 Å². The second-order valence-corrected chi connectivity index (χ2v) is 8.28. The van der Waals surface area contributed by atoms with E-state index in [1.54, 1.807) is 0 Å². The molecule has 0 aromatic heterocycles. The van der Waals surface area contributed by atoms with Gasteiger partial charge in [-0.15, -0.1) is 0 Å². The summed E-state index contributed by atoms with van der Waals surface area (Å²) in [6.45, 7) is 15.9. The Morgan fingerprint density at radius 1 is 1.29 bits per heavy atom. The fourth-order valence-electron chi connectivity index (χ4n) is 3.05. The van der Waals surface area contributed by atoms with Crippen molar-refractivity contribution in [1.29, 1.82) is 0 Å². The molecule has 1 aliphatic heterocycles. The van der Waals surface area contributed by atoms with Gasteiger partial charge in [0, 0.05) is 31.6 Å². The first-order valence-electron chi connectivity index (χ1n) is 8.75. The van der Waals surface area contributed by atoms with Crippen LogP contribution >= 0.6 is 0 Å². The lowest BCUT2D eigenvalue weighted by Crippen LogP contribution is -2.53. The van der Waals surface area contributed by atoms with Gasteiger partial charge in [-0.3, -0.25) is 4.79 Å². The van der Waals surface area contributed by atoms with Crippen LogP contribution in [0.5, 0.6) is 0 Å². The van der Waals surface area contributed by atoms with Crippen molar-refractivity contribution >= 4 is 5.91 Å². The number of carbonyl (C=O) groups excluding carboxylic acids is 1. The van der Waals surface area contributed by atoms with E-state index in [1.165, 1.54) is 25.7 Å². The number of nitrogens with one attached hydrogen (secondary N) is 1. The molecular weight excluding hydrogens is 260 g/mol. The molecule has 21 heavy (non-hydrogen) atoms. The number of hydrogen-bond donors (Lipinski definition) is 1. The molecule has 1 saturated heterocycles.